The van der Waals surface area contributed by atoms with E-state index < -0.39 is 6.10 Å². The molecule has 1 aromatic carbocycles. The van der Waals surface area contributed by atoms with E-state index in [0.29, 0.717) is 23.5 Å². The smallest absolute Gasteiger partial charge is 0.115 e. The number of rotatable bonds is 2. The number of benzene rings is 1. The highest BCUT2D eigenvalue weighted by molar-refractivity contribution is 5.39. The lowest BCUT2D eigenvalue weighted by Crippen LogP contribution is -2.48. The van der Waals surface area contributed by atoms with Gasteiger partial charge >= 0.3 is 0 Å². The Morgan fingerprint density at radius 3 is 2.81 bits per heavy atom. The maximum atomic E-state index is 10.3. The second kappa shape index (κ2) is 5.29. The van der Waals surface area contributed by atoms with Crippen LogP contribution in [-0.4, -0.2) is 28.0 Å². The molecule has 1 aromatic rings. The molecule has 0 radical (unpaired) electrons. The van der Waals surface area contributed by atoms with Gasteiger partial charge in [-0.15, -0.1) is 0 Å². The maximum Gasteiger partial charge on any atom is 0.115 e. The fraction of sp³-hybridized carbons (Fsp3) is 0.667. The molecule has 21 heavy (non-hydrogen) atoms. The molecular formula is C18H26O3. The standard InChI is InChI=1S/C18H26O3/c1-11-14-5-3-12-9-13(20)4-6-15(12)16(14)7-8-18(11,2)17(21)10-19/h4,6,9,11,14,16-17,19-21H,3,5,7-8,10H2,1-2H3/t11?,14?,16?,17-,18-/m0/s1. The summed E-state index contributed by atoms with van der Waals surface area (Å²) in [6.07, 6.45) is 3.48. The van der Waals surface area contributed by atoms with Gasteiger partial charge < -0.3 is 15.3 Å². The molecule has 3 heteroatoms. The fourth-order valence-electron chi connectivity index (χ4n) is 4.75. The highest BCUT2D eigenvalue weighted by Gasteiger charge is 2.49. The van der Waals surface area contributed by atoms with E-state index in [2.05, 4.69) is 19.9 Å². The Morgan fingerprint density at radius 1 is 1.33 bits per heavy atom. The number of hydrogen-bond acceptors (Lipinski definition) is 3. The van der Waals surface area contributed by atoms with Gasteiger partial charge in [-0.3, -0.25) is 0 Å². The molecule has 0 amide bonds. The third-order valence-corrected chi connectivity index (χ3v) is 6.40. The summed E-state index contributed by atoms with van der Waals surface area (Å²) in [7, 11) is 0. The van der Waals surface area contributed by atoms with Gasteiger partial charge in [0.2, 0.25) is 0 Å². The fourth-order valence-corrected chi connectivity index (χ4v) is 4.75. The van der Waals surface area contributed by atoms with E-state index in [1.165, 1.54) is 11.1 Å². The van der Waals surface area contributed by atoms with Crippen molar-refractivity contribution in [2.75, 3.05) is 6.61 Å². The minimum atomic E-state index is -0.630. The van der Waals surface area contributed by atoms with Gasteiger partial charge in [0.05, 0.1) is 12.7 Å². The summed E-state index contributed by atoms with van der Waals surface area (Å²) in [5.41, 5.74) is 2.48. The molecule has 3 rings (SSSR count). The normalized spacial score (nSPS) is 36.7. The summed E-state index contributed by atoms with van der Waals surface area (Å²) in [5, 5.41) is 29.3. The van der Waals surface area contributed by atoms with Crippen LogP contribution in [0, 0.1) is 17.3 Å². The lowest BCUT2D eigenvalue weighted by Gasteiger charge is -2.52. The van der Waals surface area contributed by atoms with Gasteiger partial charge in [-0.25, -0.2) is 0 Å². The Kier molecular flexibility index (Phi) is 3.74. The first-order chi connectivity index (χ1) is 9.97. The summed E-state index contributed by atoms with van der Waals surface area (Å²) in [5.74, 6) is 1.84. The number of hydrogen-bond donors (Lipinski definition) is 3. The van der Waals surface area contributed by atoms with Gasteiger partial charge in [-0.1, -0.05) is 19.9 Å². The molecule has 5 atom stereocenters. The molecule has 0 saturated heterocycles. The molecule has 0 aromatic heterocycles. The number of aromatic hydroxyl groups is 1. The number of aliphatic hydroxyl groups is 2. The molecule has 2 aliphatic carbocycles. The quantitative estimate of drug-likeness (QED) is 0.785. The first kappa shape index (κ1) is 14.9. The Labute approximate surface area is 126 Å². The molecule has 0 heterocycles. The van der Waals surface area contributed by atoms with E-state index in [1.54, 1.807) is 6.07 Å². The van der Waals surface area contributed by atoms with Crippen molar-refractivity contribution in [2.45, 2.75) is 51.6 Å². The lowest BCUT2D eigenvalue weighted by atomic mass is 9.53. The average Bonchev–Trinajstić information content (AvgIpc) is 2.49. The molecule has 0 bridgehead atoms. The second-order valence-electron chi connectivity index (χ2n) is 7.22. The minimum Gasteiger partial charge on any atom is -0.508 e. The van der Waals surface area contributed by atoms with E-state index in [1.807, 2.05) is 6.07 Å². The molecule has 0 aliphatic heterocycles. The first-order valence-electron chi connectivity index (χ1n) is 8.08. The van der Waals surface area contributed by atoms with Gasteiger partial charge in [0.15, 0.2) is 0 Å². The van der Waals surface area contributed by atoms with Crippen LogP contribution in [0.25, 0.3) is 0 Å². The largest absolute Gasteiger partial charge is 0.508 e. The summed E-state index contributed by atoms with van der Waals surface area (Å²) in [6.45, 7) is 4.21. The van der Waals surface area contributed by atoms with Crippen molar-refractivity contribution in [3.63, 3.8) is 0 Å². The number of aliphatic hydroxyl groups excluding tert-OH is 2. The Hall–Kier alpha value is -1.06. The van der Waals surface area contributed by atoms with Crippen LogP contribution in [0.2, 0.25) is 0 Å². The third kappa shape index (κ3) is 2.27. The highest BCUT2D eigenvalue weighted by Crippen LogP contribution is 2.55. The molecule has 0 spiro atoms. The highest BCUT2D eigenvalue weighted by atomic mass is 16.3. The first-order valence-corrected chi connectivity index (χ1v) is 8.08. The summed E-state index contributed by atoms with van der Waals surface area (Å²) >= 11 is 0. The third-order valence-electron chi connectivity index (χ3n) is 6.40. The number of aryl methyl sites for hydroxylation is 1. The maximum absolute atomic E-state index is 10.3. The Bertz CT molecular complexity index is 527. The summed E-state index contributed by atoms with van der Waals surface area (Å²) < 4.78 is 0. The number of phenolic OH excluding ortho intramolecular Hbond substituents is 1. The van der Waals surface area contributed by atoms with Crippen molar-refractivity contribution in [1.82, 2.24) is 0 Å². The van der Waals surface area contributed by atoms with Crippen molar-refractivity contribution < 1.29 is 15.3 Å². The zero-order chi connectivity index (χ0) is 15.2. The number of phenols is 1. The van der Waals surface area contributed by atoms with Crippen molar-refractivity contribution >= 4 is 0 Å². The second-order valence-corrected chi connectivity index (χ2v) is 7.22. The van der Waals surface area contributed by atoms with E-state index in [-0.39, 0.29) is 12.0 Å². The van der Waals surface area contributed by atoms with Gasteiger partial charge in [0, 0.05) is 0 Å². The van der Waals surface area contributed by atoms with Gasteiger partial charge in [-0.05, 0) is 72.1 Å². The molecule has 2 aliphatic rings. The molecule has 1 fully saturated rings. The van der Waals surface area contributed by atoms with E-state index >= 15 is 0 Å². The summed E-state index contributed by atoms with van der Waals surface area (Å²) in [4.78, 5) is 0. The van der Waals surface area contributed by atoms with Gasteiger partial charge in [0.1, 0.15) is 5.75 Å². The average molecular weight is 290 g/mol. The van der Waals surface area contributed by atoms with Gasteiger partial charge in [0.25, 0.3) is 0 Å². The van der Waals surface area contributed by atoms with Crippen molar-refractivity contribution in [1.29, 1.82) is 0 Å². The van der Waals surface area contributed by atoms with Crippen molar-refractivity contribution in [3.8, 4) is 5.75 Å². The monoisotopic (exact) mass is 290 g/mol. The van der Waals surface area contributed by atoms with Crippen LogP contribution < -0.4 is 0 Å². The predicted octanol–water partition coefficient (Wildman–Crippen LogP) is 2.83. The van der Waals surface area contributed by atoms with Crippen LogP contribution in [0.4, 0.5) is 0 Å². The van der Waals surface area contributed by atoms with Crippen molar-refractivity contribution in [2.24, 2.45) is 17.3 Å². The van der Waals surface area contributed by atoms with E-state index in [9.17, 15) is 15.3 Å². The zero-order valence-corrected chi connectivity index (χ0v) is 12.9. The Balaban J connectivity index is 1.91. The molecule has 3 unspecified atom stereocenters. The van der Waals surface area contributed by atoms with Crippen LogP contribution in [0.1, 0.15) is 50.2 Å². The Morgan fingerprint density at radius 2 is 2.10 bits per heavy atom. The molecule has 1 saturated carbocycles. The van der Waals surface area contributed by atoms with Gasteiger partial charge in [-0.2, -0.15) is 0 Å². The molecular weight excluding hydrogens is 264 g/mol. The lowest BCUT2D eigenvalue weighted by molar-refractivity contribution is -0.0819. The van der Waals surface area contributed by atoms with Crippen LogP contribution >= 0.6 is 0 Å². The molecule has 116 valence electrons. The minimum absolute atomic E-state index is 0.150. The van der Waals surface area contributed by atoms with E-state index in [4.69, 9.17) is 0 Å². The zero-order valence-electron chi connectivity index (χ0n) is 12.9. The summed E-state index contributed by atoms with van der Waals surface area (Å²) in [6, 6.07) is 5.79. The van der Waals surface area contributed by atoms with Crippen molar-refractivity contribution in [3.05, 3.63) is 29.3 Å². The van der Waals surface area contributed by atoms with Crippen LogP contribution in [0.15, 0.2) is 18.2 Å². The predicted molar refractivity (Wildman–Crippen MR) is 82.3 cm³/mol. The van der Waals surface area contributed by atoms with E-state index in [0.717, 1.165) is 25.7 Å². The number of fused-ring (bicyclic) bond motifs is 3. The molecule has 3 nitrogen and oxygen atoms in total. The van der Waals surface area contributed by atoms with Crippen LogP contribution in [-0.2, 0) is 6.42 Å². The molecule has 3 N–H and O–H groups in total. The van der Waals surface area contributed by atoms with Crippen LogP contribution in [0.3, 0.4) is 0 Å². The van der Waals surface area contributed by atoms with Crippen LogP contribution in [0.5, 0.6) is 5.75 Å². The SMILES string of the molecule is CC1C2CCc3cc(O)ccc3C2CC[C@]1(C)[C@@H](O)CO. The topological polar surface area (TPSA) is 60.7 Å².